The van der Waals surface area contributed by atoms with Crippen LogP contribution >= 0.6 is 0 Å². The average Bonchev–Trinajstić information content (AvgIpc) is 2.00. The number of hydrogen-bond acceptors (Lipinski definition) is 5. The summed E-state index contributed by atoms with van der Waals surface area (Å²) in [5.74, 6) is -1.70. The van der Waals surface area contributed by atoms with Crippen molar-refractivity contribution in [1.29, 1.82) is 0 Å². The Kier molecular flexibility index (Phi) is 5.88. The molecule has 0 heterocycles. The predicted octanol–water partition coefficient (Wildman–Crippen LogP) is -0.509. The molecule has 0 radical (unpaired) electrons. The van der Waals surface area contributed by atoms with E-state index in [1.165, 1.54) is 0 Å². The maximum Gasteiger partial charge on any atom is 0.307 e. The molecular formula is C9H17NO5. The van der Waals surface area contributed by atoms with Crippen LogP contribution in [-0.2, 0) is 14.3 Å². The summed E-state index contributed by atoms with van der Waals surface area (Å²) in [4.78, 5) is 21.3. The van der Waals surface area contributed by atoms with E-state index in [9.17, 15) is 14.7 Å². The number of aliphatic carboxylic acids is 1. The molecule has 0 amide bonds. The Morgan fingerprint density at radius 2 is 1.87 bits per heavy atom. The zero-order chi connectivity index (χ0) is 12.0. The fourth-order valence-corrected chi connectivity index (χ4v) is 0.970. The minimum Gasteiger partial charge on any atom is -0.481 e. The summed E-state index contributed by atoms with van der Waals surface area (Å²) in [6.45, 7) is 3.38. The van der Waals surface area contributed by atoms with E-state index in [2.05, 4.69) is 0 Å². The maximum absolute atomic E-state index is 11.1. The van der Waals surface area contributed by atoms with E-state index >= 15 is 0 Å². The van der Waals surface area contributed by atoms with Crippen LogP contribution in [0.3, 0.4) is 0 Å². The van der Waals surface area contributed by atoms with E-state index in [1.807, 2.05) is 0 Å². The van der Waals surface area contributed by atoms with Crippen molar-refractivity contribution in [3.8, 4) is 0 Å². The van der Waals surface area contributed by atoms with Crippen LogP contribution in [0.15, 0.2) is 0 Å². The first kappa shape index (κ1) is 13.9. The maximum atomic E-state index is 11.1. The third-order valence-electron chi connectivity index (χ3n) is 1.65. The van der Waals surface area contributed by atoms with Crippen LogP contribution in [0.4, 0.5) is 0 Å². The summed E-state index contributed by atoms with van der Waals surface area (Å²) in [5.41, 5.74) is 5.43. The van der Waals surface area contributed by atoms with Gasteiger partial charge in [-0.15, -0.1) is 0 Å². The van der Waals surface area contributed by atoms with Gasteiger partial charge >= 0.3 is 11.9 Å². The predicted molar refractivity (Wildman–Crippen MR) is 52.1 cm³/mol. The normalized spacial score (nSPS) is 14.7. The highest BCUT2D eigenvalue weighted by molar-refractivity contribution is 5.71. The van der Waals surface area contributed by atoms with Crippen molar-refractivity contribution in [2.24, 2.45) is 5.73 Å². The Morgan fingerprint density at radius 3 is 2.27 bits per heavy atom. The van der Waals surface area contributed by atoms with Crippen LogP contribution in [0, 0.1) is 0 Å². The quantitative estimate of drug-likeness (QED) is 0.519. The minimum atomic E-state index is -1.23. The molecule has 2 atom stereocenters. The molecule has 0 saturated heterocycles. The van der Waals surface area contributed by atoms with Gasteiger partial charge in [-0.1, -0.05) is 0 Å². The Morgan fingerprint density at radius 1 is 1.33 bits per heavy atom. The van der Waals surface area contributed by atoms with Gasteiger partial charge in [-0.2, -0.15) is 0 Å². The molecule has 88 valence electrons. The zero-order valence-electron chi connectivity index (χ0n) is 8.84. The van der Waals surface area contributed by atoms with E-state index in [-0.39, 0.29) is 12.5 Å². The zero-order valence-corrected chi connectivity index (χ0v) is 8.84. The van der Waals surface area contributed by atoms with Crippen LogP contribution in [0.1, 0.15) is 26.7 Å². The highest BCUT2D eigenvalue weighted by Gasteiger charge is 2.21. The number of carboxylic acid groups (broad SMARTS) is 1. The van der Waals surface area contributed by atoms with E-state index < -0.39 is 30.5 Å². The smallest absolute Gasteiger partial charge is 0.307 e. The largest absolute Gasteiger partial charge is 0.481 e. The van der Waals surface area contributed by atoms with Gasteiger partial charge in [0.1, 0.15) is 0 Å². The number of aliphatic hydroxyl groups is 1. The molecule has 0 spiro atoms. The first-order chi connectivity index (χ1) is 6.82. The molecule has 0 fully saturated rings. The Labute approximate surface area is 88.0 Å². The van der Waals surface area contributed by atoms with Crippen molar-refractivity contribution in [3.05, 3.63) is 0 Å². The van der Waals surface area contributed by atoms with Gasteiger partial charge in [0.2, 0.25) is 0 Å². The molecule has 15 heavy (non-hydrogen) atoms. The summed E-state index contributed by atoms with van der Waals surface area (Å²) in [7, 11) is 0. The summed E-state index contributed by atoms with van der Waals surface area (Å²) < 4.78 is 4.80. The van der Waals surface area contributed by atoms with Crippen molar-refractivity contribution < 1.29 is 24.5 Å². The van der Waals surface area contributed by atoms with Crippen LogP contribution in [-0.4, -0.2) is 40.4 Å². The van der Waals surface area contributed by atoms with Gasteiger partial charge in [-0.25, -0.2) is 0 Å². The Balaban J connectivity index is 3.95. The van der Waals surface area contributed by atoms with Gasteiger partial charge < -0.3 is 20.7 Å². The number of carboxylic acids is 1. The lowest BCUT2D eigenvalue weighted by molar-refractivity contribution is -0.149. The van der Waals surface area contributed by atoms with Crippen LogP contribution in [0.2, 0.25) is 0 Å². The number of carbonyl (C=O) groups excluding carboxylic acids is 1. The number of carbonyl (C=O) groups is 2. The van der Waals surface area contributed by atoms with E-state index in [0.717, 1.165) is 0 Å². The van der Waals surface area contributed by atoms with E-state index in [4.69, 9.17) is 15.6 Å². The monoisotopic (exact) mass is 219 g/mol. The number of ether oxygens (including phenoxy) is 1. The number of rotatable bonds is 6. The number of nitrogens with two attached hydrogens (primary N) is 1. The molecule has 0 aromatic carbocycles. The first-order valence-electron chi connectivity index (χ1n) is 4.67. The SMILES string of the molecule is CC(C)OC(=O)CC(N)C(O)CC(=O)O. The molecule has 0 bridgehead atoms. The lowest BCUT2D eigenvalue weighted by atomic mass is 10.1. The fourth-order valence-electron chi connectivity index (χ4n) is 0.970. The van der Waals surface area contributed by atoms with E-state index in [1.54, 1.807) is 13.8 Å². The fraction of sp³-hybridized carbons (Fsp3) is 0.778. The second-order valence-electron chi connectivity index (χ2n) is 3.57. The van der Waals surface area contributed by atoms with E-state index in [0.29, 0.717) is 0 Å². The molecule has 0 aliphatic carbocycles. The number of esters is 1. The first-order valence-corrected chi connectivity index (χ1v) is 4.67. The molecule has 0 aromatic heterocycles. The molecule has 0 rings (SSSR count). The summed E-state index contributed by atoms with van der Waals surface area (Å²) in [5, 5.41) is 17.6. The highest BCUT2D eigenvalue weighted by Crippen LogP contribution is 2.03. The standard InChI is InChI=1S/C9H17NO5/c1-5(2)15-9(14)3-6(10)7(11)4-8(12)13/h5-7,11H,3-4,10H2,1-2H3,(H,12,13). The van der Waals surface area contributed by atoms with Gasteiger partial charge in [-0.3, -0.25) is 9.59 Å². The second kappa shape index (κ2) is 6.36. The van der Waals surface area contributed by atoms with Gasteiger partial charge in [-0.05, 0) is 13.8 Å². The average molecular weight is 219 g/mol. The third kappa shape index (κ3) is 6.87. The van der Waals surface area contributed by atoms with Gasteiger partial charge in [0.15, 0.2) is 0 Å². The highest BCUT2D eigenvalue weighted by atomic mass is 16.5. The van der Waals surface area contributed by atoms with Crippen molar-refractivity contribution in [3.63, 3.8) is 0 Å². The third-order valence-corrected chi connectivity index (χ3v) is 1.65. The summed E-state index contributed by atoms with van der Waals surface area (Å²) in [6.07, 6.45) is -2.15. The van der Waals surface area contributed by atoms with Crippen LogP contribution in [0.5, 0.6) is 0 Å². The minimum absolute atomic E-state index is 0.188. The number of hydrogen-bond donors (Lipinski definition) is 3. The Hall–Kier alpha value is -1.14. The van der Waals surface area contributed by atoms with Crippen molar-refractivity contribution >= 4 is 11.9 Å². The van der Waals surface area contributed by atoms with Gasteiger partial charge in [0.25, 0.3) is 0 Å². The number of aliphatic hydroxyl groups excluding tert-OH is 1. The van der Waals surface area contributed by atoms with Gasteiger partial charge in [0.05, 0.1) is 25.0 Å². The molecule has 0 saturated carbocycles. The molecule has 6 heteroatoms. The van der Waals surface area contributed by atoms with Crippen molar-refractivity contribution in [2.45, 2.75) is 44.9 Å². The van der Waals surface area contributed by atoms with Gasteiger partial charge in [0, 0.05) is 6.04 Å². The lowest BCUT2D eigenvalue weighted by Crippen LogP contribution is -2.38. The van der Waals surface area contributed by atoms with Crippen molar-refractivity contribution in [1.82, 2.24) is 0 Å². The molecule has 0 aromatic rings. The molecule has 0 aliphatic rings. The molecule has 6 nitrogen and oxygen atoms in total. The van der Waals surface area contributed by atoms with Crippen LogP contribution in [0.25, 0.3) is 0 Å². The topological polar surface area (TPSA) is 110 Å². The molecule has 2 unspecified atom stereocenters. The summed E-state index contributed by atoms with van der Waals surface area (Å²) in [6, 6.07) is -0.910. The van der Waals surface area contributed by atoms with Crippen LogP contribution < -0.4 is 5.73 Å². The molecule has 4 N–H and O–H groups in total. The van der Waals surface area contributed by atoms with Crippen molar-refractivity contribution in [2.75, 3.05) is 0 Å². The Bertz CT molecular complexity index is 229. The molecular weight excluding hydrogens is 202 g/mol. The summed E-state index contributed by atoms with van der Waals surface area (Å²) >= 11 is 0. The molecule has 0 aliphatic heterocycles. The lowest BCUT2D eigenvalue weighted by Gasteiger charge is -2.17. The second-order valence-corrected chi connectivity index (χ2v) is 3.57.